The highest BCUT2D eigenvalue weighted by molar-refractivity contribution is 5.04. The second-order valence-electron chi connectivity index (χ2n) is 7.20. The van der Waals surface area contributed by atoms with Crippen molar-refractivity contribution in [1.82, 2.24) is 4.90 Å². The Kier molecular flexibility index (Phi) is 5.37. The molecule has 1 heterocycles. The zero-order valence-corrected chi connectivity index (χ0v) is 12.9. The maximum Gasteiger partial charge on any atom is 0.103 e. The van der Waals surface area contributed by atoms with E-state index in [9.17, 15) is 10.4 Å². The lowest BCUT2D eigenvalue weighted by atomic mass is 9.77. The molecule has 0 amide bonds. The molecule has 19 heavy (non-hydrogen) atoms. The van der Waals surface area contributed by atoms with Crippen LogP contribution >= 0.6 is 0 Å². The van der Waals surface area contributed by atoms with Crippen molar-refractivity contribution in [2.45, 2.75) is 65.2 Å². The normalized spacial score (nSPS) is 25.8. The quantitative estimate of drug-likeness (QED) is 0.849. The van der Waals surface area contributed by atoms with Crippen LogP contribution in [-0.2, 0) is 4.74 Å². The van der Waals surface area contributed by atoms with Gasteiger partial charge in [0.25, 0.3) is 0 Å². The summed E-state index contributed by atoms with van der Waals surface area (Å²) in [6, 6.07) is 2.28. The van der Waals surface area contributed by atoms with Gasteiger partial charge in [0.05, 0.1) is 24.4 Å². The maximum absolute atomic E-state index is 10.1. The summed E-state index contributed by atoms with van der Waals surface area (Å²) in [5.74, 6) is 0. The van der Waals surface area contributed by atoms with Crippen molar-refractivity contribution in [2.24, 2.45) is 5.41 Å². The highest BCUT2D eigenvalue weighted by atomic mass is 16.5. The molecular weight excluding hydrogens is 240 g/mol. The molecule has 0 unspecified atom stereocenters. The van der Waals surface area contributed by atoms with Crippen LogP contribution < -0.4 is 0 Å². The molecule has 1 aliphatic heterocycles. The van der Waals surface area contributed by atoms with Crippen LogP contribution in [0.4, 0.5) is 0 Å². The summed E-state index contributed by atoms with van der Waals surface area (Å²) in [6.07, 6.45) is 1.61. The fraction of sp³-hybridized carbons (Fsp3) is 0.933. The van der Waals surface area contributed by atoms with Gasteiger partial charge >= 0.3 is 0 Å². The Morgan fingerprint density at radius 2 is 2.11 bits per heavy atom. The number of ether oxygens (including phenoxy) is 1. The summed E-state index contributed by atoms with van der Waals surface area (Å²) >= 11 is 0. The molecule has 0 saturated carbocycles. The van der Waals surface area contributed by atoms with E-state index in [-0.39, 0.29) is 17.1 Å². The number of nitrogens with zero attached hydrogens (tertiary/aromatic N) is 2. The number of aliphatic hydroxyl groups is 1. The van der Waals surface area contributed by atoms with Gasteiger partial charge < -0.3 is 9.84 Å². The molecule has 1 fully saturated rings. The summed E-state index contributed by atoms with van der Waals surface area (Å²) in [7, 11) is 0. The first kappa shape index (κ1) is 16.4. The monoisotopic (exact) mass is 268 g/mol. The van der Waals surface area contributed by atoms with Crippen LogP contribution in [0.15, 0.2) is 0 Å². The highest BCUT2D eigenvalue weighted by Gasteiger charge is 2.38. The van der Waals surface area contributed by atoms with Crippen LogP contribution in [-0.4, -0.2) is 47.4 Å². The minimum atomic E-state index is -0.538. The minimum Gasteiger partial charge on any atom is -0.389 e. The maximum atomic E-state index is 10.1. The van der Waals surface area contributed by atoms with Gasteiger partial charge in [0.1, 0.15) is 6.04 Å². The molecule has 1 aliphatic rings. The summed E-state index contributed by atoms with van der Waals surface area (Å²) in [5, 5.41) is 19.4. The molecule has 0 radical (unpaired) electrons. The topological polar surface area (TPSA) is 56.5 Å². The Labute approximate surface area is 117 Å². The summed E-state index contributed by atoms with van der Waals surface area (Å²) < 4.78 is 5.59. The van der Waals surface area contributed by atoms with Gasteiger partial charge in [-0.3, -0.25) is 4.90 Å². The number of hydrogen-bond acceptors (Lipinski definition) is 4. The average molecular weight is 268 g/mol. The number of nitriles is 1. The van der Waals surface area contributed by atoms with E-state index < -0.39 is 6.10 Å². The molecule has 1 N–H and O–H groups in total. The number of rotatable bonds is 4. The van der Waals surface area contributed by atoms with E-state index in [2.05, 4.69) is 24.8 Å². The zero-order valence-electron chi connectivity index (χ0n) is 12.9. The predicted molar refractivity (Wildman–Crippen MR) is 75.7 cm³/mol. The molecule has 1 saturated heterocycles. The Hall–Kier alpha value is -0.630. The van der Waals surface area contributed by atoms with Crippen molar-refractivity contribution in [3.05, 3.63) is 0 Å². The lowest BCUT2D eigenvalue weighted by Crippen LogP contribution is -2.52. The van der Waals surface area contributed by atoms with Gasteiger partial charge in [-0.2, -0.15) is 5.26 Å². The molecule has 0 aromatic rings. The second kappa shape index (κ2) is 6.21. The first-order valence-electron chi connectivity index (χ1n) is 7.11. The van der Waals surface area contributed by atoms with E-state index in [1.165, 1.54) is 0 Å². The first-order valence-corrected chi connectivity index (χ1v) is 7.11. The van der Waals surface area contributed by atoms with Crippen molar-refractivity contribution >= 4 is 0 Å². The fourth-order valence-corrected chi connectivity index (χ4v) is 2.62. The van der Waals surface area contributed by atoms with Gasteiger partial charge in [0.15, 0.2) is 0 Å². The predicted octanol–water partition coefficient (Wildman–Crippen LogP) is 2.18. The standard InChI is InChI=1S/C15H28N2O2/c1-14(2,3)19-11-12(18)10-17-8-6-7-15(4,5)13(17)9-16/h12-13,18H,6-8,10-11H2,1-5H3/t12-,13+/m1/s1. The number of aliphatic hydroxyl groups excluding tert-OH is 1. The van der Waals surface area contributed by atoms with Gasteiger partial charge in [-0.1, -0.05) is 13.8 Å². The van der Waals surface area contributed by atoms with Gasteiger partial charge in [0.2, 0.25) is 0 Å². The summed E-state index contributed by atoms with van der Waals surface area (Å²) in [5.41, 5.74) is -0.242. The van der Waals surface area contributed by atoms with E-state index in [1.807, 2.05) is 20.8 Å². The molecule has 0 aromatic carbocycles. The third kappa shape index (κ3) is 5.10. The van der Waals surface area contributed by atoms with Gasteiger partial charge in [-0.25, -0.2) is 0 Å². The molecule has 2 atom stereocenters. The summed E-state index contributed by atoms with van der Waals surface area (Å²) in [6.45, 7) is 11.9. The molecule has 1 rings (SSSR count). The SMILES string of the molecule is CC(C)(C)OC[C@H](O)CN1CCCC(C)(C)[C@@H]1C#N. The molecule has 0 spiro atoms. The van der Waals surface area contributed by atoms with Crippen LogP contribution in [0.1, 0.15) is 47.5 Å². The Morgan fingerprint density at radius 3 is 2.63 bits per heavy atom. The number of hydrogen-bond donors (Lipinski definition) is 1. The van der Waals surface area contributed by atoms with Gasteiger partial charge in [0, 0.05) is 6.54 Å². The van der Waals surface area contributed by atoms with E-state index in [4.69, 9.17) is 4.74 Å². The van der Waals surface area contributed by atoms with Crippen molar-refractivity contribution in [3.63, 3.8) is 0 Å². The molecule has 4 nitrogen and oxygen atoms in total. The third-order valence-electron chi connectivity index (χ3n) is 3.65. The molecule has 0 aliphatic carbocycles. The van der Waals surface area contributed by atoms with E-state index in [0.717, 1.165) is 19.4 Å². The molecule has 0 aromatic heterocycles. The number of piperidine rings is 1. The zero-order chi connectivity index (χ0) is 14.7. The van der Waals surface area contributed by atoms with Crippen LogP contribution in [0, 0.1) is 16.7 Å². The fourth-order valence-electron chi connectivity index (χ4n) is 2.62. The first-order chi connectivity index (χ1) is 8.65. The smallest absolute Gasteiger partial charge is 0.103 e. The number of likely N-dealkylation sites (tertiary alicyclic amines) is 1. The van der Waals surface area contributed by atoms with Crippen LogP contribution in [0.3, 0.4) is 0 Å². The van der Waals surface area contributed by atoms with Gasteiger partial charge in [-0.15, -0.1) is 0 Å². The number of β-amino-alcohol motifs (C(OH)–C–C–N with tert-alkyl or cyclic N) is 1. The van der Waals surface area contributed by atoms with E-state index in [0.29, 0.717) is 13.2 Å². The lowest BCUT2D eigenvalue weighted by Gasteiger charge is -2.43. The Morgan fingerprint density at radius 1 is 1.47 bits per heavy atom. The molecule has 110 valence electrons. The Balaban J connectivity index is 2.53. The van der Waals surface area contributed by atoms with Crippen molar-refractivity contribution in [1.29, 1.82) is 5.26 Å². The van der Waals surface area contributed by atoms with Crippen molar-refractivity contribution < 1.29 is 9.84 Å². The van der Waals surface area contributed by atoms with E-state index in [1.54, 1.807) is 0 Å². The van der Waals surface area contributed by atoms with Gasteiger partial charge in [-0.05, 0) is 45.6 Å². The van der Waals surface area contributed by atoms with Crippen molar-refractivity contribution in [2.75, 3.05) is 19.7 Å². The summed E-state index contributed by atoms with van der Waals surface area (Å²) in [4.78, 5) is 2.10. The van der Waals surface area contributed by atoms with E-state index >= 15 is 0 Å². The van der Waals surface area contributed by atoms with Crippen LogP contribution in [0.2, 0.25) is 0 Å². The lowest BCUT2D eigenvalue weighted by molar-refractivity contribution is -0.0644. The average Bonchev–Trinajstić information content (AvgIpc) is 2.24. The molecular formula is C15H28N2O2. The molecule has 4 heteroatoms. The second-order valence-corrected chi connectivity index (χ2v) is 7.20. The third-order valence-corrected chi connectivity index (χ3v) is 3.65. The minimum absolute atomic E-state index is 0.00238. The molecule has 0 bridgehead atoms. The largest absolute Gasteiger partial charge is 0.389 e. The highest BCUT2D eigenvalue weighted by Crippen LogP contribution is 2.34. The van der Waals surface area contributed by atoms with Crippen LogP contribution in [0.25, 0.3) is 0 Å². The Bertz CT molecular complexity index is 328. The van der Waals surface area contributed by atoms with Crippen molar-refractivity contribution in [3.8, 4) is 6.07 Å². The van der Waals surface area contributed by atoms with Crippen LogP contribution in [0.5, 0.6) is 0 Å².